The molecular formula is C15H12F3N3O3. The van der Waals surface area contributed by atoms with E-state index >= 15 is 0 Å². The molecule has 2 aromatic rings. The second kappa shape index (κ2) is 6.57. The van der Waals surface area contributed by atoms with Gasteiger partial charge in [-0.15, -0.1) is 0 Å². The fraction of sp³-hybridized carbons (Fsp3) is 0.133. The maximum Gasteiger partial charge on any atom is 0.431 e. The highest BCUT2D eigenvalue weighted by Gasteiger charge is 2.32. The Morgan fingerprint density at radius 3 is 2.21 bits per heavy atom. The molecule has 0 saturated heterocycles. The number of nitrogens with two attached hydrogens (primary N) is 1. The summed E-state index contributed by atoms with van der Waals surface area (Å²) in [6.45, 7) is 0. The number of halogens is 3. The minimum absolute atomic E-state index is 0.0345. The molecule has 0 saturated carbocycles. The van der Waals surface area contributed by atoms with Crippen molar-refractivity contribution in [2.24, 2.45) is 5.73 Å². The monoisotopic (exact) mass is 339 g/mol. The predicted molar refractivity (Wildman–Crippen MR) is 79.4 cm³/mol. The molecule has 0 spiro atoms. The Hall–Kier alpha value is -3.10. The van der Waals surface area contributed by atoms with E-state index in [1.54, 1.807) is 17.1 Å². The van der Waals surface area contributed by atoms with Gasteiger partial charge in [-0.25, -0.2) is 0 Å². The van der Waals surface area contributed by atoms with Crippen LogP contribution in [0.2, 0.25) is 0 Å². The molecule has 1 aromatic carbocycles. The molecule has 4 N–H and O–H groups in total. The van der Waals surface area contributed by atoms with E-state index in [4.69, 9.17) is 5.73 Å². The molecular weight excluding hydrogens is 327 g/mol. The fourth-order valence-electron chi connectivity index (χ4n) is 1.92. The van der Waals surface area contributed by atoms with Crippen LogP contribution in [0.25, 0.3) is 0 Å². The van der Waals surface area contributed by atoms with E-state index < -0.39 is 34.8 Å². The number of nitrogens with one attached hydrogen (secondary N) is 2. The molecule has 6 nitrogen and oxygen atoms in total. The quantitative estimate of drug-likeness (QED) is 0.789. The van der Waals surface area contributed by atoms with Gasteiger partial charge in [-0.2, -0.15) is 13.2 Å². The molecule has 0 atom stereocenters. The van der Waals surface area contributed by atoms with Crippen LogP contribution in [0, 0.1) is 0 Å². The minimum atomic E-state index is -4.70. The van der Waals surface area contributed by atoms with E-state index in [1.165, 1.54) is 12.1 Å². The number of hydrogen-bond acceptors (Lipinski definition) is 3. The first-order valence-corrected chi connectivity index (χ1v) is 6.66. The lowest BCUT2D eigenvalue weighted by molar-refractivity contribution is -0.141. The summed E-state index contributed by atoms with van der Waals surface area (Å²) in [5, 5.41) is 2.38. The van der Waals surface area contributed by atoms with E-state index in [9.17, 15) is 27.6 Å². The number of anilines is 1. The molecule has 0 bridgehead atoms. The van der Waals surface area contributed by atoms with Gasteiger partial charge in [0.1, 0.15) is 11.3 Å². The summed E-state index contributed by atoms with van der Waals surface area (Å²) in [4.78, 5) is 36.0. The van der Waals surface area contributed by atoms with Gasteiger partial charge in [0.15, 0.2) is 0 Å². The SMILES string of the molecule is NC(=O)Cc1ccc(NC(=O)c2ccc(C(F)(F)F)[nH]c2=O)cc1. The number of H-pyrrole nitrogens is 1. The Kier molecular flexibility index (Phi) is 4.72. The van der Waals surface area contributed by atoms with Crippen molar-refractivity contribution in [3.8, 4) is 0 Å². The van der Waals surface area contributed by atoms with Gasteiger partial charge in [-0.1, -0.05) is 12.1 Å². The molecule has 0 aliphatic carbocycles. The second-order valence-electron chi connectivity index (χ2n) is 4.91. The van der Waals surface area contributed by atoms with Crippen LogP contribution in [0.15, 0.2) is 41.2 Å². The number of alkyl halides is 3. The lowest BCUT2D eigenvalue weighted by atomic mass is 10.1. The number of carbonyl (C=O) groups excluding carboxylic acids is 2. The van der Waals surface area contributed by atoms with Crippen LogP contribution < -0.4 is 16.6 Å². The average molecular weight is 339 g/mol. The van der Waals surface area contributed by atoms with Crippen molar-refractivity contribution in [2.75, 3.05) is 5.32 Å². The first kappa shape index (κ1) is 17.3. The molecule has 0 aliphatic heterocycles. The largest absolute Gasteiger partial charge is 0.431 e. The first-order valence-electron chi connectivity index (χ1n) is 6.66. The first-order chi connectivity index (χ1) is 11.2. The lowest BCUT2D eigenvalue weighted by Gasteiger charge is -2.08. The summed E-state index contributed by atoms with van der Waals surface area (Å²) >= 11 is 0. The van der Waals surface area contributed by atoms with Gasteiger partial charge < -0.3 is 16.0 Å². The van der Waals surface area contributed by atoms with Crippen LogP contribution in [0.3, 0.4) is 0 Å². The van der Waals surface area contributed by atoms with E-state index in [2.05, 4.69) is 5.32 Å². The van der Waals surface area contributed by atoms with Crippen molar-refractivity contribution in [2.45, 2.75) is 12.6 Å². The third-order valence-corrected chi connectivity index (χ3v) is 3.05. The zero-order valence-corrected chi connectivity index (χ0v) is 12.1. The average Bonchev–Trinajstić information content (AvgIpc) is 2.47. The summed E-state index contributed by atoms with van der Waals surface area (Å²) in [5.41, 5.74) is 3.16. The molecule has 0 fully saturated rings. The minimum Gasteiger partial charge on any atom is -0.369 e. The van der Waals surface area contributed by atoms with E-state index in [-0.39, 0.29) is 6.42 Å². The normalized spacial score (nSPS) is 11.1. The van der Waals surface area contributed by atoms with Gasteiger partial charge in [0, 0.05) is 5.69 Å². The third kappa shape index (κ3) is 4.22. The Balaban J connectivity index is 2.15. The fourth-order valence-corrected chi connectivity index (χ4v) is 1.92. The van der Waals surface area contributed by atoms with Crippen LogP contribution in [-0.2, 0) is 17.4 Å². The Bertz CT molecular complexity index is 826. The van der Waals surface area contributed by atoms with Crippen LogP contribution in [0.4, 0.5) is 18.9 Å². The third-order valence-electron chi connectivity index (χ3n) is 3.05. The standard InChI is InChI=1S/C15H12F3N3O3/c16-15(17,18)11-6-5-10(14(24)21-11)13(23)20-9-3-1-8(2-4-9)7-12(19)22/h1-6H,7H2,(H2,19,22)(H,20,23)(H,21,24). The van der Waals surface area contributed by atoms with Crippen LogP contribution in [0.1, 0.15) is 21.6 Å². The number of amides is 2. The highest BCUT2D eigenvalue weighted by atomic mass is 19.4. The lowest BCUT2D eigenvalue weighted by Crippen LogP contribution is -2.25. The molecule has 126 valence electrons. The van der Waals surface area contributed by atoms with Crippen molar-refractivity contribution >= 4 is 17.5 Å². The zero-order chi connectivity index (χ0) is 17.9. The molecule has 0 unspecified atom stereocenters. The van der Waals surface area contributed by atoms with Crippen LogP contribution in [0.5, 0.6) is 0 Å². The van der Waals surface area contributed by atoms with Crippen LogP contribution in [-0.4, -0.2) is 16.8 Å². The summed E-state index contributed by atoms with van der Waals surface area (Å²) < 4.78 is 37.4. The number of rotatable bonds is 4. The Labute approximate surface area is 133 Å². The number of primary amides is 1. The summed E-state index contributed by atoms with van der Waals surface area (Å²) in [6.07, 6.45) is -4.67. The Morgan fingerprint density at radius 2 is 1.71 bits per heavy atom. The second-order valence-corrected chi connectivity index (χ2v) is 4.91. The number of aromatic amines is 1. The molecule has 9 heteroatoms. The predicted octanol–water partition coefficient (Wildman–Crippen LogP) is 1.67. The molecule has 1 aromatic heterocycles. The molecule has 24 heavy (non-hydrogen) atoms. The van der Waals surface area contributed by atoms with Gasteiger partial charge in [0.25, 0.3) is 11.5 Å². The van der Waals surface area contributed by atoms with Gasteiger partial charge >= 0.3 is 6.18 Å². The topological polar surface area (TPSA) is 105 Å². The number of hydrogen-bond donors (Lipinski definition) is 3. The maximum absolute atomic E-state index is 12.5. The number of pyridine rings is 1. The Morgan fingerprint density at radius 1 is 1.08 bits per heavy atom. The van der Waals surface area contributed by atoms with Crippen molar-refractivity contribution in [3.05, 3.63) is 63.6 Å². The van der Waals surface area contributed by atoms with Gasteiger partial charge in [-0.05, 0) is 29.8 Å². The molecule has 2 amide bonds. The number of aromatic nitrogens is 1. The van der Waals surface area contributed by atoms with Gasteiger partial charge in [-0.3, -0.25) is 14.4 Å². The molecule has 0 aliphatic rings. The highest BCUT2D eigenvalue weighted by Crippen LogP contribution is 2.26. The van der Waals surface area contributed by atoms with E-state index in [1.807, 2.05) is 0 Å². The van der Waals surface area contributed by atoms with Crippen LogP contribution >= 0.6 is 0 Å². The van der Waals surface area contributed by atoms with Gasteiger partial charge in [0.05, 0.1) is 6.42 Å². The molecule has 1 heterocycles. The zero-order valence-electron chi connectivity index (χ0n) is 12.1. The van der Waals surface area contributed by atoms with Gasteiger partial charge in [0.2, 0.25) is 5.91 Å². The van der Waals surface area contributed by atoms with E-state index in [0.29, 0.717) is 17.3 Å². The molecule has 2 rings (SSSR count). The summed E-state index contributed by atoms with van der Waals surface area (Å²) in [6, 6.07) is 7.49. The highest BCUT2D eigenvalue weighted by molar-refractivity contribution is 6.04. The number of benzene rings is 1. The summed E-state index contributed by atoms with van der Waals surface area (Å²) in [7, 11) is 0. The summed E-state index contributed by atoms with van der Waals surface area (Å²) in [5.74, 6) is -1.37. The number of carbonyl (C=O) groups is 2. The maximum atomic E-state index is 12.5. The molecule has 0 radical (unpaired) electrons. The van der Waals surface area contributed by atoms with Crippen molar-refractivity contribution < 1.29 is 22.8 Å². The van der Waals surface area contributed by atoms with Crippen molar-refractivity contribution in [1.29, 1.82) is 0 Å². The van der Waals surface area contributed by atoms with E-state index in [0.717, 1.165) is 6.07 Å². The smallest absolute Gasteiger partial charge is 0.369 e. The van der Waals surface area contributed by atoms with Crippen molar-refractivity contribution in [1.82, 2.24) is 4.98 Å². The van der Waals surface area contributed by atoms with Crippen molar-refractivity contribution in [3.63, 3.8) is 0 Å².